The second-order valence-corrected chi connectivity index (χ2v) is 22.4. The number of ketones is 3. The van der Waals surface area contributed by atoms with E-state index in [1.54, 1.807) is 41.2 Å². The Balaban J connectivity index is 0.990. The summed E-state index contributed by atoms with van der Waals surface area (Å²) in [4.78, 5) is 114. The summed E-state index contributed by atoms with van der Waals surface area (Å²) in [5.74, 6) is -12.5. The first-order valence-corrected chi connectivity index (χ1v) is 27.3. The van der Waals surface area contributed by atoms with E-state index in [9.17, 15) is 54.0 Å². The third kappa shape index (κ3) is 10.6. The SMILES string of the molecule is COc1c(N2CC(NC(=O)C3CCN(C4=C5NC(=O)/C(C)=C\C=C\[C@H](C)[C@H](O)[C@@H](C)[C@@H](O)[C@@H](C)[C@H](OC(C)=O)C[C@@H](OC)/C=C/O[C@@]6(C)Oc7c(C)c(O)c(c(c7C6=O)C4=O)C5=O)CC3)C2)c(F)cc2c(=O)c(C(=O)O)cn(C3CC3)c12. The number of aromatic hydroxyl groups is 1. The van der Waals surface area contributed by atoms with Crippen molar-refractivity contribution in [2.24, 2.45) is 23.7 Å². The van der Waals surface area contributed by atoms with Crippen molar-refractivity contribution in [3.05, 3.63) is 104 Å². The van der Waals surface area contributed by atoms with Gasteiger partial charge in [-0.15, -0.1) is 0 Å². The smallest absolute Gasteiger partial charge is 0.341 e. The fourth-order valence-corrected chi connectivity index (χ4v) is 11.7. The number of phenolic OH excluding ortho intramolecular Hbond substituents is 1. The maximum atomic E-state index is 16.0. The number of rotatable bonds is 9. The molecule has 2 aromatic carbocycles. The summed E-state index contributed by atoms with van der Waals surface area (Å²) in [6, 6.07) is 0.477. The van der Waals surface area contributed by atoms with Gasteiger partial charge in [-0.1, -0.05) is 39.0 Å². The van der Waals surface area contributed by atoms with Crippen LogP contribution >= 0.6 is 0 Å². The number of carboxylic acids is 1. The van der Waals surface area contributed by atoms with Crippen LogP contribution in [0.15, 0.2) is 64.6 Å². The number of carbonyl (C=O) groups is 7. The van der Waals surface area contributed by atoms with Gasteiger partial charge in [-0.2, -0.15) is 0 Å². The number of carbonyl (C=O) groups excluding carboxylic acids is 6. The van der Waals surface area contributed by atoms with E-state index in [0.29, 0.717) is 0 Å². The van der Waals surface area contributed by atoms with Crippen LogP contribution in [0.2, 0.25) is 0 Å². The molecule has 6 N–H and O–H groups in total. The number of aromatic carboxylic acids is 1. The molecule has 6 heterocycles. The Labute approximate surface area is 471 Å². The van der Waals surface area contributed by atoms with Gasteiger partial charge < -0.3 is 69.1 Å². The average Bonchev–Trinajstić information content (AvgIpc) is 2.08. The number of ether oxygens (including phenoxy) is 5. The molecule has 2 amide bonds. The number of hydrogen-bond acceptors (Lipinski definition) is 18. The van der Waals surface area contributed by atoms with Gasteiger partial charge in [0, 0.05) is 101 Å². The number of likely N-dealkylation sites (tertiary alicyclic amines) is 1. The van der Waals surface area contributed by atoms with Crippen LogP contribution in [0.1, 0.15) is 127 Å². The van der Waals surface area contributed by atoms with Crippen LogP contribution in [-0.4, -0.2) is 148 Å². The molecule has 438 valence electrons. The Hall–Kier alpha value is -7.89. The normalized spacial score (nSPS) is 28.1. The highest BCUT2D eigenvalue weighted by molar-refractivity contribution is 6.32. The lowest BCUT2D eigenvalue weighted by Crippen LogP contribution is -2.61. The van der Waals surface area contributed by atoms with Gasteiger partial charge in [-0.05, 0) is 51.7 Å². The van der Waals surface area contributed by atoms with Crippen molar-refractivity contribution in [1.82, 2.24) is 20.1 Å². The molecule has 2 aliphatic carbocycles. The number of pyridine rings is 1. The minimum absolute atomic E-state index is 0.000878. The van der Waals surface area contributed by atoms with E-state index < -0.39 is 134 Å². The zero-order chi connectivity index (χ0) is 59.5. The number of anilines is 1. The lowest BCUT2D eigenvalue weighted by atomic mass is 9.81. The van der Waals surface area contributed by atoms with E-state index in [0.717, 1.165) is 25.2 Å². The number of Topliss-reactive ketones (excluding diaryl/α,β-unsaturated/α-hetero) is 3. The molecule has 8 atom stereocenters. The van der Waals surface area contributed by atoms with Gasteiger partial charge in [0.15, 0.2) is 11.6 Å². The molecule has 0 radical (unpaired) electrons. The van der Waals surface area contributed by atoms with Crippen LogP contribution in [0.5, 0.6) is 17.2 Å². The molecule has 23 heteroatoms. The minimum atomic E-state index is -2.18. The highest BCUT2D eigenvalue weighted by Gasteiger charge is 2.53. The van der Waals surface area contributed by atoms with E-state index >= 15 is 9.18 Å². The number of aliphatic hydroxyl groups is 2. The molecular formula is C59H68FN5O17. The topological polar surface area (TPSA) is 299 Å². The molecule has 10 rings (SSSR count). The lowest BCUT2D eigenvalue weighted by molar-refractivity contribution is -0.155. The number of aromatic nitrogens is 1. The molecule has 5 bridgehead atoms. The Morgan fingerprint density at radius 1 is 0.902 bits per heavy atom. The molecule has 3 aromatic rings. The van der Waals surface area contributed by atoms with E-state index in [1.807, 2.05) is 0 Å². The number of halogens is 1. The molecule has 2 saturated heterocycles. The molecule has 0 spiro atoms. The van der Waals surface area contributed by atoms with E-state index in [1.165, 1.54) is 66.3 Å². The predicted molar refractivity (Wildman–Crippen MR) is 292 cm³/mol. The molecule has 1 saturated carbocycles. The molecule has 1 aromatic heterocycles. The Morgan fingerprint density at radius 2 is 1.59 bits per heavy atom. The second-order valence-electron chi connectivity index (χ2n) is 22.4. The van der Waals surface area contributed by atoms with E-state index in [4.69, 9.17) is 23.7 Å². The number of nitrogens with one attached hydrogen (secondary N) is 2. The van der Waals surface area contributed by atoms with Crippen LogP contribution in [0.25, 0.3) is 10.9 Å². The number of piperidine rings is 1. The quantitative estimate of drug-likeness (QED) is 0.155. The van der Waals surface area contributed by atoms with Crippen molar-refractivity contribution < 1.29 is 82.1 Å². The van der Waals surface area contributed by atoms with Gasteiger partial charge in [0.1, 0.15) is 40.2 Å². The number of nitrogens with zero attached hydrogens (tertiary/aromatic N) is 3. The van der Waals surface area contributed by atoms with Crippen molar-refractivity contribution in [2.75, 3.05) is 45.3 Å². The zero-order valence-electron chi connectivity index (χ0n) is 47.0. The molecule has 0 unspecified atom stereocenters. The number of allylic oxidation sites excluding steroid dienone is 4. The number of hydrogen-bond donors (Lipinski definition) is 6. The van der Waals surface area contributed by atoms with Crippen LogP contribution in [0.4, 0.5) is 10.1 Å². The molecule has 82 heavy (non-hydrogen) atoms. The fraction of sp³-hybridized carbons (Fsp3) is 0.492. The molecule has 5 aliphatic heterocycles. The fourth-order valence-electron chi connectivity index (χ4n) is 11.7. The van der Waals surface area contributed by atoms with Crippen molar-refractivity contribution in [2.45, 2.75) is 123 Å². The van der Waals surface area contributed by atoms with Gasteiger partial charge in [0.25, 0.3) is 11.7 Å². The summed E-state index contributed by atoms with van der Waals surface area (Å²) in [6.07, 6.45) is 6.06. The number of benzene rings is 2. The molecule has 7 aliphatic rings. The first-order valence-electron chi connectivity index (χ1n) is 27.3. The predicted octanol–water partition coefficient (Wildman–Crippen LogP) is 4.92. The van der Waals surface area contributed by atoms with Gasteiger partial charge in [0.05, 0.1) is 65.3 Å². The number of fused-ring (bicyclic) bond motifs is 15. The second kappa shape index (κ2) is 22.8. The monoisotopic (exact) mass is 1140 g/mol. The van der Waals surface area contributed by atoms with E-state index in [-0.39, 0.29) is 108 Å². The summed E-state index contributed by atoms with van der Waals surface area (Å²) in [5, 5.41) is 50.0. The number of carboxylic acid groups (broad SMARTS) is 1. The third-order valence-corrected chi connectivity index (χ3v) is 16.8. The third-order valence-electron chi connectivity index (χ3n) is 16.8. The van der Waals surface area contributed by atoms with Gasteiger partial charge in [0.2, 0.25) is 22.9 Å². The lowest BCUT2D eigenvalue weighted by Gasteiger charge is -2.43. The maximum Gasteiger partial charge on any atom is 0.341 e. The first kappa shape index (κ1) is 58.8. The number of phenols is 1. The van der Waals surface area contributed by atoms with Gasteiger partial charge >= 0.3 is 17.7 Å². The molecule has 3 fully saturated rings. The highest BCUT2D eigenvalue weighted by Crippen LogP contribution is 2.50. The number of aliphatic hydroxyl groups excluding tert-OH is 2. The number of methoxy groups -OCH3 is 2. The molecular weight excluding hydrogens is 1070 g/mol. The zero-order valence-corrected chi connectivity index (χ0v) is 47.0. The van der Waals surface area contributed by atoms with E-state index in [2.05, 4.69) is 10.6 Å². The average molecular weight is 1140 g/mol. The van der Waals surface area contributed by atoms with Gasteiger partial charge in [-0.25, -0.2) is 9.18 Å². The summed E-state index contributed by atoms with van der Waals surface area (Å²) in [5.41, 5.74) is -3.17. The largest absolute Gasteiger partial charge is 0.507 e. The summed E-state index contributed by atoms with van der Waals surface area (Å²) < 4.78 is 46.8. The Bertz CT molecular complexity index is 3380. The van der Waals surface area contributed by atoms with Crippen molar-refractivity contribution >= 4 is 57.7 Å². The Morgan fingerprint density at radius 3 is 2.21 bits per heavy atom. The molecule has 22 nitrogen and oxygen atoms in total. The highest BCUT2D eigenvalue weighted by atomic mass is 19.1. The van der Waals surface area contributed by atoms with Gasteiger partial charge in [-0.3, -0.25) is 33.6 Å². The first-order chi connectivity index (χ1) is 38.8. The van der Waals surface area contributed by atoms with Crippen molar-refractivity contribution in [3.8, 4) is 17.2 Å². The Kier molecular flexibility index (Phi) is 16.3. The summed E-state index contributed by atoms with van der Waals surface area (Å²) in [6.45, 7) is 10.7. The summed E-state index contributed by atoms with van der Waals surface area (Å²) >= 11 is 0. The maximum absolute atomic E-state index is 16.0. The summed E-state index contributed by atoms with van der Waals surface area (Å²) in [7, 11) is 2.72. The van der Waals surface area contributed by atoms with Crippen LogP contribution in [-0.2, 0) is 28.6 Å². The van der Waals surface area contributed by atoms with Crippen molar-refractivity contribution in [1.29, 1.82) is 0 Å². The van der Waals surface area contributed by atoms with Crippen LogP contribution in [0.3, 0.4) is 0 Å². The number of amides is 2. The standard InChI is InChI=1S/C59H68FN5O17/c1-26-11-10-12-27(2)56(74)62-43-46(63-18-15-32(16-19-63)57(75)61-33-23-64(24-33)45-38(60)22-36-44(54(45)79-9)65(34-13-14-34)25-37(50(36)70)58(76)77)52(72)40-41(51(43)71)49(69)30(5)53-42(40)55(73)59(7,82-53)80-20-17-35(78-8)21-39(81-31(6)66)28(3)48(68)29(4)47(26)67/h10-12,17,20,22,25-26,28-29,32-35,39,47-48,67-69H,13-16,18-19,21,23-24H2,1-9H3,(H,61,75)(H,62,74)(H,76,77)/b11-10+,20-17+,27-12-/t26-,28-,29+,35-,39+,47-,48-,59-/m0/s1. The van der Waals surface area contributed by atoms with Crippen LogP contribution in [0, 0.1) is 36.4 Å². The minimum Gasteiger partial charge on any atom is -0.507 e. The van der Waals surface area contributed by atoms with Crippen molar-refractivity contribution in [3.63, 3.8) is 0 Å². The van der Waals surface area contributed by atoms with Crippen LogP contribution < -0.4 is 30.4 Å². The number of esters is 1.